The maximum atomic E-state index is 12.1. The summed E-state index contributed by atoms with van der Waals surface area (Å²) in [7, 11) is 3.39. The van der Waals surface area contributed by atoms with Crippen molar-refractivity contribution in [2.45, 2.75) is 13.0 Å². The van der Waals surface area contributed by atoms with Gasteiger partial charge in [-0.25, -0.2) is 4.79 Å². The summed E-state index contributed by atoms with van der Waals surface area (Å²) in [6.07, 6.45) is 2.03. The summed E-state index contributed by atoms with van der Waals surface area (Å²) in [5, 5.41) is 2.87. The maximum Gasteiger partial charge on any atom is 0.321 e. The Hall–Kier alpha value is -0.880. The molecule has 0 aliphatic carbocycles. The number of amides is 2. The number of urea groups is 1. The van der Waals surface area contributed by atoms with Crippen LogP contribution in [0.15, 0.2) is 22.7 Å². The van der Waals surface area contributed by atoms with E-state index in [0.29, 0.717) is 11.4 Å². The van der Waals surface area contributed by atoms with E-state index >= 15 is 0 Å². The second kappa shape index (κ2) is 7.65. The first-order valence-electron chi connectivity index (χ1n) is 5.86. The van der Waals surface area contributed by atoms with Gasteiger partial charge in [0.15, 0.2) is 0 Å². The highest BCUT2D eigenvalue weighted by atomic mass is 79.9. The summed E-state index contributed by atoms with van der Waals surface area (Å²) in [6, 6.07) is 5.52. The van der Waals surface area contributed by atoms with Gasteiger partial charge < -0.3 is 15.0 Å². The molecule has 0 aromatic heterocycles. The Bertz CT molecular complexity index is 443. The van der Waals surface area contributed by atoms with E-state index in [-0.39, 0.29) is 12.1 Å². The molecule has 0 radical (unpaired) electrons. The standard InChI is InChI=1S/C13H19BrN2O2S/c1-9(8-19-4)16(2)13(17)15-12-7-10(18-3)5-6-11(12)14/h5-7,9H,8H2,1-4H3,(H,15,17)/t9-/m0/s1. The van der Waals surface area contributed by atoms with Crippen LogP contribution in [-0.4, -0.2) is 43.1 Å². The molecule has 0 fully saturated rings. The van der Waals surface area contributed by atoms with Gasteiger partial charge in [0.25, 0.3) is 0 Å². The van der Waals surface area contributed by atoms with E-state index in [1.165, 1.54) is 0 Å². The van der Waals surface area contributed by atoms with Crippen LogP contribution in [-0.2, 0) is 0 Å². The van der Waals surface area contributed by atoms with Crippen LogP contribution in [0.1, 0.15) is 6.92 Å². The van der Waals surface area contributed by atoms with Crippen LogP contribution < -0.4 is 10.1 Å². The number of carbonyl (C=O) groups excluding carboxylic acids is 1. The second-order valence-corrected chi connectivity index (χ2v) is 5.96. The van der Waals surface area contributed by atoms with Gasteiger partial charge in [0.05, 0.1) is 12.8 Å². The van der Waals surface area contributed by atoms with Gasteiger partial charge in [0, 0.05) is 29.4 Å². The van der Waals surface area contributed by atoms with E-state index < -0.39 is 0 Å². The normalized spacial score (nSPS) is 11.8. The summed E-state index contributed by atoms with van der Waals surface area (Å²) in [5.74, 6) is 1.61. The van der Waals surface area contributed by atoms with Crippen LogP contribution in [0.4, 0.5) is 10.5 Å². The summed E-state index contributed by atoms with van der Waals surface area (Å²) in [4.78, 5) is 13.8. The molecule has 6 heteroatoms. The average Bonchev–Trinajstić information content (AvgIpc) is 2.40. The molecule has 4 nitrogen and oxygen atoms in total. The molecule has 0 aliphatic rings. The average molecular weight is 347 g/mol. The molecule has 2 amide bonds. The minimum atomic E-state index is -0.129. The smallest absolute Gasteiger partial charge is 0.321 e. The lowest BCUT2D eigenvalue weighted by Crippen LogP contribution is -2.39. The molecule has 0 saturated heterocycles. The molecule has 0 bridgehead atoms. The second-order valence-electron chi connectivity index (χ2n) is 4.19. The largest absolute Gasteiger partial charge is 0.497 e. The Morgan fingerprint density at radius 3 is 2.84 bits per heavy atom. The molecule has 1 aromatic carbocycles. The highest BCUT2D eigenvalue weighted by Gasteiger charge is 2.16. The van der Waals surface area contributed by atoms with E-state index in [0.717, 1.165) is 10.2 Å². The molecule has 1 atom stereocenters. The van der Waals surface area contributed by atoms with Crippen molar-refractivity contribution in [3.05, 3.63) is 22.7 Å². The van der Waals surface area contributed by atoms with Crippen molar-refractivity contribution >= 4 is 39.4 Å². The molecular formula is C13H19BrN2O2S. The van der Waals surface area contributed by atoms with Crippen LogP contribution in [0.5, 0.6) is 5.75 Å². The third kappa shape index (κ3) is 4.62. The fourth-order valence-corrected chi connectivity index (χ4v) is 2.54. The van der Waals surface area contributed by atoms with Gasteiger partial charge in [-0.2, -0.15) is 11.8 Å². The van der Waals surface area contributed by atoms with Crippen LogP contribution in [0.25, 0.3) is 0 Å². The number of methoxy groups -OCH3 is 1. The molecule has 0 saturated carbocycles. The lowest BCUT2D eigenvalue weighted by atomic mass is 10.3. The lowest BCUT2D eigenvalue weighted by Gasteiger charge is -2.25. The third-order valence-electron chi connectivity index (χ3n) is 2.80. The van der Waals surface area contributed by atoms with Crippen molar-refractivity contribution in [1.29, 1.82) is 0 Å². The zero-order chi connectivity index (χ0) is 14.4. The van der Waals surface area contributed by atoms with Gasteiger partial charge in [-0.1, -0.05) is 0 Å². The first kappa shape index (κ1) is 16.2. The van der Waals surface area contributed by atoms with Crippen molar-refractivity contribution in [3.8, 4) is 5.75 Å². The third-order valence-corrected chi connectivity index (χ3v) is 4.31. The van der Waals surface area contributed by atoms with Crippen molar-refractivity contribution in [3.63, 3.8) is 0 Å². The monoisotopic (exact) mass is 346 g/mol. The minimum absolute atomic E-state index is 0.129. The van der Waals surface area contributed by atoms with Gasteiger partial charge in [0.1, 0.15) is 5.75 Å². The number of nitrogens with zero attached hydrogens (tertiary/aromatic N) is 1. The van der Waals surface area contributed by atoms with E-state index in [4.69, 9.17) is 4.74 Å². The van der Waals surface area contributed by atoms with Crippen molar-refractivity contribution < 1.29 is 9.53 Å². The molecule has 106 valence electrons. The van der Waals surface area contributed by atoms with E-state index in [9.17, 15) is 4.79 Å². The molecule has 1 aromatic rings. The fraction of sp³-hybridized carbons (Fsp3) is 0.462. The van der Waals surface area contributed by atoms with E-state index in [2.05, 4.69) is 21.2 Å². The van der Waals surface area contributed by atoms with E-state index in [1.807, 2.05) is 25.3 Å². The lowest BCUT2D eigenvalue weighted by molar-refractivity contribution is 0.212. The Kier molecular flexibility index (Phi) is 6.51. The summed E-state index contributed by atoms with van der Waals surface area (Å²) in [6.45, 7) is 2.02. The number of hydrogen-bond acceptors (Lipinski definition) is 3. The minimum Gasteiger partial charge on any atom is -0.497 e. The van der Waals surface area contributed by atoms with Crippen molar-refractivity contribution in [2.24, 2.45) is 0 Å². The number of carbonyl (C=O) groups is 1. The number of ether oxygens (including phenoxy) is 1. The summed E-state index contributed by atoms with van der Waals surface area (Å²) in [5.41, 5.74) is 0.701. The Labute approximate surface area is 127 Å². The quantitative estimate of drug-likeness (QED) is 0.884. The topological polar surface area (TPSA) is 41.6 Å². The van der Waals surface area contributed by atoms with Crippen LogP contribution in [0, 0.1) is 0 Å². The van der Waals surface area contributed by atoms with Gasteiger partial charge in [0.2, 0.25) is 0 Å². The number of hydrogen-bond donors (Lipinski definition) is 1. The number of anilines is 1. The van der Waals surface area contributed by atoms with Gasteiger partial charge in [-0.15, -0.1) is 0 Å². The van der Waals surface area contributed by atoms with Crippen LogP contribution in [0.3, 0.4) is 0 Å². The van der Waals surface area contributed by atoms with Crippen LogP contribution in [0.2, 0.25) is 0 Å². The van der Waals surface area contributed by atoms with Crippen molar-refractivity contribution in [2.75, 3.05) is 31.5 Å². The molecule has 0 unspecified atom stereocenters. The number of rotatable bonds is 5. The molecular weight excluding hydrogens is 328 g/mol. The molecule has 0 aliphatic heterocycles. The van der Waals surface area contributed by atoms with Gasteiger partial charge in [-0.3, -0.25) is 0 Å². The van der Waals surface area contributed by atoms with Gasteiger partial charge >= 0.3 is 6.03 Å². The zero-order valence-electron chi connectivity index (χ0n) is 11.6. The molecule has 0 spiro atoms. The Balaban J connectivity index is 2.76. The van der Waals surface area contributed by atoms with Gasteiger partial charge in [-0.05, 0) is 41.2 Å². The number of benzene rings is 1. The predicted octanol–water partition coefficient (Wildman–Crippen LogP) is 3.67. The Morgan fingerprint density at radius 1 is 1.58 bits per heavy atom. The Morgan fingerprint density at radius 2 is 2.26 bits per heavy atom. The van der Waals surface area contributed by atoms with Crippen LogP contribution >= 0.6 is 27.7 Å². The highest BCUT2D eigenvalue weighted by Crippen LogP contribution is 2.27. The first-order chi connectivity index (χ1) is 8.99. The zero-order valence-corrected chi connectivity index (χ0v) is 14.0. The predicted molar refractivity (Wildman–Crippen MR) is 85.3 cm³/mol. The number of halogens is 1. The fourth-order valence-electron chi connectivity index (χ4n) is 1.48. The molecule has 19 heavy (non-hydrogen) atoms. The highest BCUT2D eigenvalue weighted by molar-refractivity contribution is 9.10. The first-order valence-corrected chi connectivity index (χ1v) is 8.04. The molecule has 1 N–H and O–H groups in total. The summed E-state index contributed by atoms with van der Waals surface area (Å²) >= 11 is 5.13. The number of nitrogens with one attached hydrogen (secondary N) is 1. The molecule has 0 heterocycles. The number of thioether (sulfide) groups is 1. The maximum absolute atomic E-state index is 12.1. The summed E-state index contributed by atoms with van der Waals surface area (Å²) < 4.78 is 5.98. The molecule has 1 rings (SSSR count). The van der Waals surface area contributed by atoms with Crippen molar-refractivity contribution in [1.82, 2.24) is 4.90 Å². The van der Waals surface area contributed by atoms with E-state index in [1.54, 1.807) is 36.9 Å². The SMILES string of the molecule is COc1ccc(Br)c(NC(=O)N(C)[C@@H](C)CSC)c1.